The van der Waals surface area contributed by atoms with Crippen LogP contribution in [0.5, 0.6) is 0 Å². The first-order chi connectivity index (χ1) is 4.33. The fourth-order valence-corrected chi connectivity index (χ4v) is 0.862. The third kappa shape index (κ3) is 1.82. The molecule has 3 heteroatoms. The van der Waals surface area contributed by atoms with Gasteiger partial charge in [-0.2, -0.15) is 0 Å². The van der Waals surface area contributed by atoms with Crippen molar-refractivity contribution in [3.63, 3.8) is 0 Å². The Morgan fingerprint density at radius 3 is 3.00 bits per heavy atom. The van der Waals surface area contributed by atoms with Gasteiger partial charge in [-0.25, -0.2) is 4.39 Å². The van der Waals surface area contributed by atoms with Crippen LogP contribution in [0.4, 0.5) is 4.39 Å². The molecular formula is C6H7BrFN. The highest BCUT2D eigenvalue weighted by Crippen LogP contribution is 2.11. The standard InChI is InChI=1S/C6H7BrFN/c7-6-1-3-9(5-8)4-2-6/h1-3H,4-5H2. The highest BCUT2D eigenvalue weighted by atomic mass is 79.9. The van der Waals surface area contributed by atoms with Crippen molar-refractivity contribution >= 4 is 15.9 Å². The van der Waals surface area contributed by atoms with Gasteiger partial charge >= 0.3 is 0 Å². The minimum absolute atomic E-state index is 0.409. The zero-order chi connectivity index (χ0) is 6.69. The molecule has 9 heavy (non-hydrogen) atoms. The molecule has 0 unspecified atom stereocenters. The van der Waals surface area contributed by atoms with Crippen LogP contribution in [0.25, 0.3) is 0 Å². The molecule has 0 atom stereocenters. The molecule has 1 nitrogen and oxygen atoms in total. The van der Waals surface area contributed by atoms with Crippen LogP contribution < -0.4 is 0 Å². The molecule has 0 saturated carbocycles. The van der Waals surface area contributed by atoms with E-state index < -0.39 is 6.80 Å². The van der Waals surface area contributed by atoms with Crippen molar-refractivity contribution in [3.8, 4) is 0 Å². The van der Waals surface area contributed by atoms with E-state index in [-0.39, 0.29) is 0 Å². The number of hydrogen-bond donors (Lipinski definition) is 0. The molecule has 0 amide bonds. The Hall–Kier alpha value is -0.310. The van der Waals surface area contributed by atoms with E-state index in [2.05, 4.69) is 15.9 Å². The summed E-state index contributed by atoms with van der Waals surface area (Å²) >= 11 is 3.27. The lowest BCUT2D eigenvalue weighted by Crippen LogP contribution is -2.17. The molecule has 0 aromatic carbocycles. The Morgan fingerprint density at radius 1 is 1.78 bits per heavy atom. The van der Waals surface area contributed by atoms with E-state index >= 15 is 0 Å². The van der Waals surface area contributed by atoms with Crippen LogP contribution in [-0.2, 0) is 0 Å². The van der Waals surface area contributed by atoms with Crippen LogP contribution in [0.15, 0.2) is 22.8 Å². The van der Waals surface area contributed by atoms with Gasteiger partial charge in [0.05, 0.1) is 0 Å². The molecule has 0 spiro atoms. The number of nitrogens with zero attached hydrogens (tertiary/aromatic N) is 1. The van der Waals surface area contributed by atoms with Crippen molar-refractivity contribution in [2.24, 2.45) is 0 Å². The summed E-state index contributed by atoms with van der Waals surface area (Å²) in [6, 6.07) is 0. The van der Waals surface area contributed by atoms with Gasteiger partial charge in [-0.05, 0) is 6.08 Å². The van der Waals surface area contributed by atoms with Crippen molar-refractivity contribution < 1.29 is 4.39 Å². The second-order valence-electron chi connectivity index (χ2n) is 1.80. The van der Waals surface area contributed by atoms with Gasteiger partial charge in [-0.3, -0.25) is 0 Å². The lowest BCUT2D eigenvalue weighted by molar-refractivity contribution is 0.270. The second-order valence-corrected chi connectivity index (χ2v) is 2.71. The number of hydrogen-bond acceptors (Lipinski definition) is 1. The first-order valence-electron chi connectivity index (χ1n) is 2.67. The molecule has 1 aliphatic rings. The predicted octanol–water partition coefficient (Wildman–Crippen LogP) is 2.02. The summed E-state index contributed by atoms with van der Waals surface area (Å²) in [7, 11) is 0. The van der Waals surface area contributed by atoms with Gasteiger partial charge in [0.1, 0.15) is 0 Å². The number of halogens is 2. The normalized spacial score (nSPS) is 18.0. The Kier molecular flexibility index (Phi) is 2.28. The van der Waals surface area contributed by atoms with E-state index in [4.69, 9.17) is 0 Å². The average Bonchev–Trinajstić information content (AvgIpc) is 1.90. The van der Waals surface area contributed by atoms with E-state index in [9.17, 15) is 4.39 Å². The van der Waals surface area contributed by atoms with Gasteiger partial charge in [-0.1, -0.05) is 22.0 Å². The van der Waals surface area contributed by atoms with Crippen LogP contribution >= 0.6 is 15.9 Å². The first kappa shape index (κ1) is 6.81. The molecule has 0 aromatic heterocycles. The fourth-order valence-electron chi connectivity index (χ4n) is 0.599. The third-order valence-corrected chi connectivity index (χ3v) is 1.71. The Labute approximate surface area is 62.0 Å². The molecule has 0 aliphatic carbocycles. The van der Waals surface area contributed by atoms with Gasteiger partial charge in [0.2, 0.25) is 0 Å². The molecule has 0 fully saturated rings. The van der Waals surface area contributed by atoms with Crippen molar-refractivity contribution in [1.82, 2.24) is 4.90 Å². The van der Waals surface area contributed by atoms with E-state index in [1.54, 1.807) is 11.1 Å². The number of rotatable bonds is 1. The van der Waals surface area contributed by atoms with Crippen molar-refractivity contribution in [1.29, 1.82) is 0 Å². The van der Waals surface area contributed by atoms with Crippen LogP contribution in [0, 0.1) is 0 Å². The summed E-state index contributed by atoms with van der Waals surface area (Å²) in [6.07, 6.45) is 5.47. The minimum atomic E-state index is -0.409. The summed E-state index contributed by atoms with van der Waals surface area (Å²) in [5.41, 5.74) is 0. The lowest BCUT2D eigenvalue weighted by atomic mass is 10.4. The fraction of sp³-hybridized carbons (Fsp3) is 0.333. The lowest BCUT2D eigenvalue weighted by Gasteiger charge is -2.16. The predicted molar refractivity (Wildman–Crippen MR) is 38.8 cm³/mol. The zero-order valence-corrected chi connectivity index (χ0v) is 6.44. The van der Waals surface area contributed by atoms with Gasteiger partial charge < -0.3 is 4.90 Å². The molecule has 50 valence electrons. The summed E-state index contributed by atoms with van der Waals surface area (Å²) in [5, 5.41) is 0. The topological polar surface area (TPSA) is 3.24 Å². The highest BCUT2D eigenvalue weighted by molar-refractivity contribution is 9.11. The Balaban J connectivity index is 2.48. The van der Waals surface area contributed by atoms with Crippen molar-refractivity contribution in [2.75, 3.05) is 13.3 Å². The van der Waals surface area contributed by atoms with E-state index in [0.717, 1.165) is 4.48 Å². The average molecular weight is 192 g/mol. The molecule has 0 saturated heterocycles. The Morgan fingerprint density at radius 2 is 2.56 bits per heavy atom. The maximum absolute atomic E-state index is 11.8. The summed E-state index contributed by atoms with van der Waals surface area (Å²) in [4.78, 5) is 1.57. The maximum atomic E-state index is 11.8. The van der Waals surface area contributed by atoms with Crippen LogP contribution in [0.2, 0.25) is 0 Å². The van der Waals surface area contributed by atoms with Crippen LogP contribution in [-0.4, -0.2) is 18.2 Å². The van der Waals surface area contributed by atoms with Crippen molar-refractivity contribution in [3.05, 3.63) is 22.8 Å². The molecular weight excluding hydrogens is 185 g/mol. The molecule has 1 heterocycles. The molecule has 0 bridgehead atoms. The summed E-state index contributed by atoms with van der Waals surface area (Å²) in [6.45, 7) is 0.251. The SMILES string of the molecule is FCN1C=CC(Br)=CC1. The maximum Gasteiger partial charge on any atom is 0.161 e. The minimum Gasteiger partial charge on any atom is -0.347 e. The van der Waals surface area contributed by atoms with E-state index in [0.29, 0.717) is 6.54 Å². The largest absolute Gasteiger partial charge is 0.347 e. The smallest absolute Gasteiger partial charge is 0.161 e. The molecule has 0 aromatic rings. The van der Waals surface area contributed by atoms with Crippen molar-refractivity contribution in [2.45, 2.75) is 0 Å². The number of allylic oxidation sites excluding steroid dienone is 2. The quantitative estimate of drug-likeness (QED) is 0.574. The summed E-state index contributed by atoms with van der Waals surface area (Å²) < 4.78 is 12.9. The van der Waals surface area contributed by atoms with E-state index in [1.807, 2.05) is 12.2 Å². The Bertz CT molecular complexity index is 153. The molecule has 1 rings (SSSR count). The summed E-state index contributed by atoms with van der Waals surface area (Å²) in [5.74, 6) is 0. The van der Waals surface area contributed by atoms with Gasteiger partial charge in [0.15, 0.2) is 6.80 Å². The van der Waals surface area contributed by atoms with Gasteiger partial charge in [0.25, 0.3) is 0 Å². The zero-order valence-electron chi connectivity index (χ0n) is 4.85. The second kappa shape index (κ2) is 3.01. The third-order valence-electron chi connectivity index (χ3n) is 1.12. The molecule has 0 N–H and O–H groups in total. The molecule has 1 aliphatic heterocycles. The van der Waals surface area contributed by atoms with E-state index in [1.165, 1.54) is 0 Å². The first-order valence-corrected chi connectivity index (χ1v) is 3.46. The van der Waals surface area contributed by atoms with Gasteiger partial charge in [-0.15, -0.1) is 0 Å². The van der Waals surface area contributed by atoms with Crippen LogP contribution in [0.3, 0.4) is 0 Å². The highest BCUT2D eigenvalue weighted by Gasteiger charge is 1.99. The number of alkyl halides is 1. The molecule has 0 radical (unpaired) electrons. The monoisotopic (exact) mass is 191 g/mol. The van der Waals surface area contributed by atoms with Crippen LogP contribution in [0.1, 0.15) is 0 Å². The van der Waals surface area contributed by atoms with Gasteiger partial charge in [0, 0.05) is 17.2 Å².